The topological polar surface area (TPSA) is 96.2 Å². The summed E-state index contributed by atoms with van der Waals surface area (Å²) in [7, 11) is 0. The summed E-state index contributed by atoms with van der Waals surface area (Å²) in [6.07, 6.45) is 3.53. The molecule has 0 fully saturated rings. The van der Waals surface area contributed by atoms with Gasteiger partial charge in [0.2, 0.25) is 5.90 Å². The lowest BCUT2D eigenvalue weighted by Gasteiger charge is -2.18. The Bertz CT molecular complexity index is 551. The van der Waals surface area contributed by atoms with Crippen molar-refractivity contribution in [1.29, 1.82) is 0 Å². The van der Waals surface area contributed by atoms with Gasteiger partial charge in [-0.2, -0.15) is 0 Å². The normalized spacial score (nSPS) is 22.0. The Morgan fingerprint density at radius 2 is 1.68 bits per heavy atom. The summed E-state index contributed by atoms with van der Waals surface area (Å²) in [4.78, 5) is 26.9. The van der Waals surface area contributed by atoms with Crippen molar-refractivity contribution in [2.24, 2.45) is 4.99 Å². The molecule has 0 atom stereocenters. The highest BCUT2D eigenvalue weighted by Crippen LogP contribution is 2.28. The number of aliphatic imine (C=N–C) groups is 1. The van der Waals surface area contributed by atoms with E-state index in [1.165, 1.54) is 12.2 Å². The van der Waals surface area contributed by atoms with Crippen LogP contribution in [0.15, 0.2) is 40.4 Å². The van der Waals surface area contributed by atoms with Gasteiger partial charge in [-0.1, -0.05) is 20.4 Å². The average Bonchev–Trinajstić information content (AvgIpc) is 2.86. The first-order chi connectivity index (χ1) is 10.2. The molecule has 0 bridgehead atoms. The maximum absolute atomic E-state index is 11.3. The number of carboxylic acid groups (broad SMARTS) is 2. The van der Waals surface area contributed by atoms with Crippen molar-refractivity contribution in [1.82, 2.24) is 0 Å². The van der Waals surface area contributed by atoms with Gasteiger partial charge in [-0.15, -0.1) is 0 Å². The van der Waals surface area contributed by atoms with E-state index in [9.17, 15) is 19.8 Å². The SMILES string of the molecule is C=C(C)C1=NC(C=C(CC)C(=O)O)(C=C(CC)C(=O)O)CO1. The molecule has 0 aliphatic carbocycles. The van der Waals surface area contributed by atoms with Crippen LogP contribution in [-0.2, 0) is 14.3 Å². The molecule has 0 amide bonds. The third-order valence-electron chi connectivity index (χ3n) is 3.27. The highest BCUT2D eigenvalue weighted by atomic mass is 16.5. The van der Waals surface area contributed by atoms with Gasteiger partial charge in [-0.25, -0.2) is 14.6 Å². The van der Waals surface area contributed by atoms with E-state index < -0.39 is 17.5 Å². The van der Waals surface area contributed by atoms with Crippen LogP contribution in [0, 0.1) is 0 Å². The highest BCUT2D eigenvalue weighted by molar-refractivity contribution is 5.95. The molecule has 0 saturated heterocycles. The Kier molecular flexibility index (Phi) is 5.68. The first-order valence-corrected chi connectivity index (χ1v) is 7.03. The number of hydrogen-bond donors (Lipinski definition) is 2. The van der Waals surface area contributed by atoms with Gasteiger partial charge < -0.3 is 14.9 Å². The molecule has 120 valence electrons. The fourth-order valence-corrected chi connectivity index (χ4v) is 2.08. The van der Waals surface area contributed by atoms with Crippen LogP contribution in [0.5, 0.6) is 0 Å². The summed E-state index contributed by atoms with van der Waals surface area (Å²) in [5, 5.41) is 18.4. The number of carboxylic acids is 2. The summed E-state index contributed by atoms with van der Waals surface area (Å²) in [6, 6.07) is 0. The molecule has 6 nitrogen and oxygen atoms in total. The zero-order valence-corrected chi connectivity index (χ0v) is 13.0. The van der Waals surface area contributed by atoms with Crippen LogP contribution in [0.3, 0.4) is 0 Å². The van der Waals surface area contributed by atoms with Crippen molar-refractivity contribution >= 4 is 17.8 Å². The van der Waals surface area contributed by atoms with Crippen LogP contribution in [-0.4, -0.2) is 40.2 Å². The molecular weight excluding hydrogens is 286 g/mol. The summed E-state index contributed by atoms with van der Waals surface area (Å²) < 4.78 is 5.46. The Hall–Kier alpha value is -2.37. The molecule has 0 radical (unpaired) electrons. The Morgan fingerprint density at radius 1 is 1.23 bits per heavy atom. The van der Waals surface area contributed by atoms with Crippen LogP contribution >= 0.6 is 0 Å². The number of aliphatic carboxylic acids is 2. The third kappa shape index (κ3) is 4.07. The van der Waals surface area contributed by atoms with Crippen molar-refractivity contribution < 1.29 is 24.5 Å². The van der Waals surface area contributed by atoms with Gasteiger partial charge in [0.15, 0.2) is 0 Å². The van der Waals surface area contributed by atoms with Crippen molar-refractivity contribution in [3.05, 3.63) is 35.5 Å². The molecule has 22 heavy (non-hydrogen) atoms. The van der Waals surface area contributed by atoms with Crippen molar-refractivity contribution in [2.45, 2.75) is 39.2 Å². The molecule has 0 aromatic heterocycles. The number of ether oxygens (including phenoxy) is 1. The van der Waals surface area contributed by atoms with Crippen LogP contribution in [0.25, 0.3) is 0 Å². The number of nitrogens with zero attached hydrogens (tertiary/aromatic N) is 1. The second-order valence-corrected chi connectivity index (χ2v) is 5.13. The van der Waals surface area contributed by atoms with E-state index in [4.69, 9.17) is 4.74 Å². The molecule has 0 aromatic rings. The Morgan fingerprint density at radius 3 is 1.95 bits per heavy atom. The summed E-state index contributed by atoms with van der Waals surface area (Å²) >= 11 is 0. The van der Waals surface area contributed by atoms with Crippen LogP contribution in [0.2, 0.25) is 0 Å². The Labute approximate surface area is 129 Å². The predicted molar refractivity (Wildman–Crippen MR) is 83.0 cm³/mol. The van der Waals surface area contributed by atoms with Gasteiger partial charge >= 0.3 is 11.9 Å². The first-order valence-electron chi connectivity index (χ1n) is 7.03. The van der Waals surface area contributed by atoms with E-state index in [0.717, 1.165) is 0 Å². The first kappa shape index (κ1) is 17.7. The second-order valence-electron chi connectivity index (χ2n) is 5.13. The van der Waals surface area contributed by atoms with Gasteiger partial charge in [0.25, 0.3) is 0 Å². The van der Waals surface area contributed by atoms with E-state index >= 15 is 0 Å². The van der Waals surface area contributed by atoms with Gasteiger partial charge in [0.1, 0.15) is 12.1 Å². The molecule has 0 unspecified atom stereocenters. The van der Waals surface area contributed by atoms with E-state index in [1.54, 1.807) is 20.8 Å². The van der Waals surface area contributed by atoms with E-state index in [2.05, 4.69) is 11.6 Å². The molecule has 1 aliphatic rings. The Balaban J connectivity index is 3.44. The zero-order valence-electron chi connectivity index (χ0n) is 13.0. The van der Waals surface area contributed by atoms with Crippen molar-refractivity contribution in [2.75, 3.05) is 6.61 Å². The quantitative estimate of drug-likeness (QED) is 0.705. The third-order valence-corrected chi connectivity index (χ3v) is 3.27. The van der Waals surface area contributed by atoms with Crippen molar-refractivity contribution in [3.63, 3.8) is 0 Å². The van der Waals surface area contributed by atoms with Gasteiger partial charge in [0.05, 0.1) is 0 Å². The van der Waals surface area contributed by atoms with E-state index in [-0.39, 0.29) is 17.8 Å². The lowest BCUT2D eigenvalue weighted by Crippen LogP contribution is -2.26. The minimum atomic E-state index is -1.12. The van der Waals surface area contributed by atoms with E-state index in [0.29, 0.717) is 24.3 Å². The summed E-state index contributed by atoms with van der Waals surface area (Å²) in [6.45, 7) is 8.95. The standard InChI is InChI=1S/C16H21NO5/c1-5-11(14(18)19)7-16(8-12(6-2)15(20)21)9-22-13(17-16)10(3)4/h7-8H,3,5-6,9H2,1-2,4H3,(H,18,19)(H,20,21). The smallest absolute Gasteiger partial charge is 0.331 e. The molecule has 2 N–H and O–H groups in total. The minimum absolute atomic E-state index is 0.0583. The molecule has 1 heterocycles. The van der Waals surface area contributed by atoms with Crippen LogP contribution in [0.1, 0.15) is 33.6 Å². The fourth-order valence-electron chi connectivity index (χ4n) is 2.08. The van der Waals surface area contributed by atoms with Crippen LogP contribution < -0.4 is 0 Å². The lowest BCUT2D eigenvalue weighted by molar-refractivity contribution is -0.133. The molecule has 0 aromatic carbocycles. The second kappa shape index (κ2) is 7.06. The van der Waals surface area contributed by atoms with Gasteiger partial charge in [-0.3, -0.25) is 0 Å². The largest absolute Gasteiger partial charge is 0.478 e. The van der Waals surface area contributed by atoms with Gasteiger partial charge in [-0.05, 0) is 31.9 Å². The average molecular weight is 307 g/mol. The molecule has 6 heteroatoms. The monoisotopic (exact) mass is 307 g/mol. The number of hydrogen-bond acceptors (Lipinski definition) is 4. The highest BCUT2D eigenvalue weighted by Gasteiger charge is 2.35. The maximum atomic E-state index is 11.3. The molecule has 0 saturated carbocycles. The lowest BCUT2D eigenvalue weighted by atomic mass is 9.93. The molecule has 1 aliphatic heterocycles. The maximum Gasteiger partial charge on any atom is 0.331 e. The molecule has 0 spiro atoms. The minimum Gasteiger partial charge on any atom is -0.478 e. The van der Waals surface area contributed by atoms with Gasteiger partial charge in [0, 0.05) is 16.7 Å². The van der Waals surface area contributed by atoms with E-state index in [1.807, 2.05) is 0 Å². The zero-order chi connectivity index (χ0) is 16.9. The molecule has 1 rings (SSSR count). The summed E-state index contributed by atoms with van der Waals surface area (Å²) in [5.41, 5.74) is -0.202. The fraction of sp³-hybridized carbons (Fsp3) is 0.438. The summed E-state index contributed by atoms with van der Waals surface area (Å²) in [5.74, 6) is -1.79. The predicted octanol–water partition coefficient (Wildman–Crippen LogP) is 2.57. The number of carbonyl (C=O) groups is 2. The number of rotatable bonds is 7. The molecular formula is C16H21NO5. The van der Waals surface area contributed by atoms with Crippen molar-refractivity contribution in [3.8, 4) is 0 Å². The van der Waals surface area contributed by atoms with Crippen LogP contribution in [0.4, 0.5) is 0 Å².